The van der Waals surface area contributed by atoms with E-state index < -0.39 is 10.0 Å². The molecule has 0 spiro atoms. The zero-order chi connectivity index (χ0) is 12.7. The van der Waals surface area contributed by atoms with Crippen molar-refractivity contribution in [2.75, 3.05) is 11.0 Å². The van der Waals surface area contributed by atoms with Gasteiger partial charge >= 0.3 is 0 Å². The normalized spacial score (nSPS) is 11.6. The summed E-state index contributed by atoms with van der Waals surface area (Å²) in [6, 6.07) is 7.04. The van der Waals surface area contributed by atoms with Crippen molar-refractivity contribution in [1.29, 1.82) is 0 Å². The molecule has 1 N–H and O–H groups in total. The number of benzene rings is 1. The van der Waals surface area contributed by atoms with Crippen LogP contribution in [0.4, 0.5) is 0 Å². The van der Waals surface area contributed by atoms with Crippen LogP contribution in [0.15, 0.2) is 29.2 Å². The van der Waals surface area contributed by atoms with Crippen LogP contribution in [0.1, 0.15) is 24.8 Å². The van der Waals surface area contributed by atoms with Gasteiger partial charge in [0.1, 0.15) is 0 Å². The Kier molecular flexibility index (Phi) is 6.43. The summed E-state index contributed by atoms with van der Waals surface area (Å²) in [4.78, 5) is 0.383. The number of unbranched alkanes of at least 4 members (excludes halogenated alkanes) is 2. The summed E-state index contributed by atoms with van der Waals surface area (Å²) < 4.78 is 27.7. The number of nitrogens with one attached hydrogen (secondary N) is 1. The monoisotopic (exact) mass is 367 g/mol. The molecule has 0 aliphatic rings. The number of sulfonamides is 1. The van der Waals surface area contributed by atoms with Gasteiger partial charge in [-0.3, -0.25) is 0 Å². The third-order valence-corrected chi connectivity index (χ3v) is 4.87. The summed E-state index contributed by atoms with van der Waals surface area (Å²) in [5.74, 6) is 0. The van der Waals surface area contributed by atoms with E-state index in [1.54, 1.807) is 12.1 Å². The van der Waals surface area contributed by atoms with Gasteiger partial charge in [-0.2, -0.15) is 0 Å². The molecule has 0 amide bonds. The smallest absolute Gasteiger partial charge is 0.211 e. The van der Waals surface area contributed by atoms with Crippen molar-refractivity contribution in [2.45, 2.75) is 31.1 Å². The highest BCUT2D eigenvalue weighted by Crippen LogP contribution is 2.13. The van der Waals surface area contributed by atoms with E-state index in [-0.39, 0.29) is 0 Å². The van der Waals surface area contributed by atoms with Crippen molar-refractivity contribution in [1.82, 2.24) is 4.72 Å². The number of aryl methyl sites for hydroxylation is 1. The maximum atomic E-state index is 12.0. The molecule has 0 aromatic heterocycles. The predicted molar refractivity (Wildman–Crippen MR) is 79.1 cm³/mol. The molecule has 0 heterocycles. The average molecular weight is 367 g/mol. The quantitative estimate of drug-likeness (QED) is 0.458. The molecule has 1 aromatic carbocycles. The first kappa shape index (κ1) is 14.9. The first-order valence-corrected chi connectivity index (χ1v) is 8.70. The molecule has 0 bridgehead atoms. The van der Waals surface area contributed by atoms with Crippen molar-refractivity contribution in [3.8, 4) is 0 Å². The molecule has 0 fully saturated rings. The molecule has 96 valence electrons. The molecule has 3 nitrogen and oxygen atoms in total. The van der Waals surface area contributed by atoms with Gasteiger partial charge < -0.3 is 0 Å². The summed E-state index contributed by atoms with van der Waals surface area (Å²) in [7, 11) is -3.33. The van der Waals surface area contributed by atoms with Crippen LogP contribution in [0, 0.1) is 6.92 Å². The van der Waals surface area contributed by atoms with Gasteiger partial charge in [0.2, 0.25) is 10.0 Å². The Morgan fingerprint density at radius 1 is 1.18 bits per heavy atom. The lowest BCUT2D eigenvalue weighted by molar-refractivity contribution is 0.576. The molecule has 0 radical (unpaired) electrons. The molecule has 0 unspecified atom stereocenters. The summed E-state index contributed by atoms with van der Waals surface area (Å²) in [6.45, 7) is 2.33. The fourth-order valence-corrected chi connectivity index (χ4v) is 3.40. The second kappa shape index (κ2) is 7.33. The zero-order valence-corrected chi connectivity index (χ0v) is 12.9. The third kappa shape index (κ3) is 4.93. The SMILES string of the molecule is Cc1ccccc1S(=O)(=O)NCCCCCI. The van der Waals surface area contributed by atoms with Crippen LogP contribution < -0.4 is 4.72 Å². The molecule has 0 aliphatic heterocycles. The summed E-state index contributed by atoms with van der Waals surface area (Å²) in [5, 5.41) is 0. The zero-order valence-electron chi connectivity index (χ0n) is 9.95. The summed E-state index contributed by atoms with van der Waals surface area (Å²) in [6.07, 6.45) is 3.11. The van der Waals surface area contributed by atoms with E-state index >= 15 is 0 Å². The standard InChI is InChI=1S/C12H18INO2S/c1-11-7-3-4-8-12(11)17(15,16)14-10-6-2-5-9-13/h3-4,7-8,14H,2,5-6,9-10H2,1H3. The minimum absolute atomic E-state index is 0.383. The van der Waals surface area contributed by atoms with Gasteiger partial charge in [-0.15, -0.1) is 0 Å². The lowest BCUT2D eigenvalue weighted by Gasteiger charge is -2.08. The van der Waals surface area contributed by atoms with Crippen LogP contribution in [0.25, 0.3) is 0 Å². The fourth-order valence-electron chi connectivity index (χ4n) is 1.54. The Hall–Kier alpha value is -0.140. The molecule has 0 saturated carbocycles. The Morgan fingerprint density at radius 3 is 2.53 bits per heavy atom. The predicted octanol–water partition coefficient (Wildman–Crippen LogP) is 2.88. The van der Waals surface area contributed by atoms with E-state index in [1.807, 2.05) is 19.1 Å². The van der Waals surface area contributed by atoms with Gasteiger partial charge in [0.25, 0.3) is 0 Å². The van der Waals surface area contributed by atoms with E-state index in [4.69, 9.17) is 0 Å². The molecule has 0 aliphatic carbocycles. The minimum atomic E-state index is -3.33. The molecule has 1 rings (SSSR count). The Balaban J connectivity index is 2.55. The highest BCUT2D eigenvalue weighted by Gasteiger charge is 2.14. The van der Waals surface area contributed by atoms with E-state index in [1.165, 1.54) is 0 Å². The maximum Gasteiger partial charge on any atom is 0.240 e. The molecular weight excluding hydrogens is 349 g/mol. The van der Waals surface area contributed by atoms with E-state index in [0.29, 0.717) is 11.4 Å². The molecule has 0 saturated heterocycles. The van der Waals surface area contributed by atoms with Crippen LogP contribution in [0.2, 0.25) is 0 Å². The van der Waals surface area contributed by atoms with Crippen molar-refractivity contribution in [2.24, 2.45) is 0 Å². The first-order chi connectivity index (χ1) is 8.08. The second-order valence-corrected chi connectivity index (χ2v) is 6.73. The lowest BCUT2D eigenvalue weighted by atomic mass is 10.2. The number of hydrogen-bond acceptors (Lipinski definition) is 2. The van der Waals surface area contributed by atoms with Crippen LogP contribution >= 0.6 is 22.6 Å². The van der Waals surface area contributed by atoms with Gasteiger partial charge in [-0.1, -0.05) is 47.2 Å². The van der Waals surface area contributed by atoms with Crippen LogP contribution in [-0.2, 0) is 10.0 Å². The molecule has 0 atom stereocenters. The van der Waals surface area contributed by atoms with Gasteiger partial charge in [-0.05, 0) is 35.8 Å². The van der Waals surface area contributed by atoms with E-state index in [9.17, 15) is 8.42 Å². The molecule has 5 heteroatoms. The number of hydrogen-bond donors (Lipinski definition) is 1. The van der Waals surface area contributed by atoms with Gasteiger partial charge in [0, 0.05) is 6.54 Å². The Bertz CT molecular complexity index is 446. The van der Waals surface area contributed by atoms with E-state index in [0.717, 1.165) is 29.3 Å². The first-order valence-electron chi connectivity index (χ1n) is 5.69. The topological polar surface area (TPSA) is 46.2 Å². The summed E-state index contributed by atoms with van der Waals surface area (Å²) >= 11 is 2.33. The maximum absolute atomic E-state index is 12.0. The lowest BCUT2D eigenvalue weighted by Crippen LogP contribution is -2.25. The highest BCUT2D eigenvalue weighted by molar-refractivity contribution is 14.1. The average Bonchev–Trinajstić information content (AvgIpc) is 2.29. The minimum Gasteiger partial charge on any atom is -0.211 e. The van der Waals surface area contributed by atoms with Crippen molar-refractivity contribution in [3.63, 3.8) is 0 Å². The number of halogens is 1. The second-order valence-electron chi connectivity index (χ2n) is 3.91. The van der Waals surface area contributed by atoms with Gasteiger partial charge in [0.05, 0.1) is 4.90 Å². The molecule has 1 aromatic rings. The highest BCUT2D eigenvalue weighted by atomic mass is 127. The molecular formula is C12H18INO2S. The van der Waals surface area contributed by atoms with Crippen LogP contribution in [0.3, 0.4) is 0 Å². The van der Waals surface area contributed by atoms with Crippen LogP contribution in [0.5, 0.6) is 0 Å². The van der Waals surface area contributed by atoms with E-state index in [2.05, 4.69) is 27.3 Å². The van der Waals surface area contributed by atoms with Gasteiger partial charge in [0.15, 0.2) is 0 Å². The Labute approximate surface area is 117 Å². The number of alkyl halides is 1. The number of rotatable bonds is 7. The van der Waals surface area contributed by atoms with Crippen molar-refractivity contribution < 1.29 is 8.42 Å². The van der Waals surface area contributed by atoms with Crippen molar-refractivity contribution in [3.05, 3.63) is 29.8 Å². The van der Waals surface area contributed by atoms with Crippen molar-refractivity contribution >= 4 is 32.6 Å². The van der Waals surface area contributed by atoms with Gasteiger partial charge in [-0.25, -0.2) is 13.1 Å². The molecule has 17 heavy (non-hydrogen) atoms. The Morgan fingerprint density at radius 2 is 1.88 bits per heavy atom. The third-order valence-electron chi connectivity index (χ3n) is 2.49. The summed E-state index contributed by atoms with van der Waals surface area (Å²) in [5.41, 5.74) is 0.785. The van der Waals surface area contributed by atoms with Crippen LogP contribution in [-0.4, -0.2) is 19.4 Å². The fraction of sp³-hybridized carbons (Fsp3) is 0.500. The largest absolute Gasteiger partial charge is 0.240 e.